The van der Waals surface area contributed by atoms with Gasteiger partial charge in [-0.15, -0.1) is 11.3 Å². The number of piperidine rings is 1. The highest BCUT2D eigenvalue weighted by atomic mass is 32.1. The van der Waals surface area contributed by atoms with Crippen molar-refractivity contribution in [1.29, 1.82) is 5.26 Å². The van der Waals surface area contributed by atoms with Crippen molar-refractivity contribution in [2.75, 3.05) is 18.4 Å². The van der Waals surface area contributed by atoms with Gasteiger partial charge in [-0.1, -0.05) is 0 Å². The Labute approximate surface area is 197 Å². The number of alkyl halides is 3. The lowest BCUT2D eigenvalue weighted by Gasteiger charge is -2.33. The van der Waals surface area contributed by atoms with Crippen LogP contribution in [-0.4, -0.2) is 49.6 Å². The van der Waals surface area contributed by atoms with Crippen molar-refractivity contribution >= 4 is 33.0 Å². The normalized spacial score (nSPS) is 15.7. The molecule has 1 aliphatic heterocycles. The summed E-state index contributed by atoms with van der Waals surface area (Å²) >= 11 is 1.06. The lowest BCUT2D eigenvalue weighted by molar-refractivity contribution is -0.126. The molecular weight excluding hydrogens is 463 g/mol. The molecule has 4 aromatic rings. The number of hydrogen-bond donors (Lipinski definition) is 1. The van der Waals surface area contributed by atoms with Gasteiger partial charge in [-0.05, 0) is 43.0 Å². The molecule has 4 aromatic heterocycles. The van der Waals surface area contributed by atoms with E-state index in [9.17, 15) is 13.2 Å². The Morgan fingerprint density at radius 1 is 1.26 bits per heavy atom. The first-order chi connectivity index (χ1) is 16.3. The average Bonchev–Trinajstić information content (AvgIpc) is 3.40. The van der Waals surface area contributed by atoms with E-state index < -0.39 is 12.6 Å². The highest BCUT2D eigenvalue weighted by molar-refractivity contribution is 7.18. The summed E-state index contributed by atoms with van der Waals surface area (Å²) in [4.78, 5) is 16.0. The fourth-order valence-electron chi connectivity index (χ4n) is 4.42. The second-order valence-corrected chi connectivity index (χ2v) is 9.69. The first kappa shape index (κ1) is 22.6. The molecule has 0 unspecified atom stereocenters. The van der Waals surface area contributed by atoms with Gasteiger partial charge < -0.3 is 9.72 Å². The van der Waals surface area contributed by atoms with Gasteiger partial charge in [0.25, 0.3) is 0 Å². The number of fused-ring (bicyclic) bond motifs is 2. The number of rotatable bonds is 5. The molecule has 0 aliphatic carbocycles. The number of anilines is 1. The van der Waals surface area contributed by atoms with Crippen LogP contribution in [0.15, 0.2) is 30.9 Å². The van der Waals surface area contributed by atoms with E-state index in [4.69, 9.17) is 5.26 Å². The van der Waals surface area contributed by atoms with Gasteiger partial charge in [-0.3, -0.25) is 4.90 Å². The zero-order valence-corrected chi connectivity index (χ0v) is 19.2. The average molecular weight is 486 g/mol. The Morgan fingerprint density at radius 3 is 2.79 bits per heavy atom. The third-order valence-electron chi connectivity index (χ3n) is 6.18. The van der Waals surface area contributed by atoms with Crippen molar-refractivity contribution in [2.45, 2.75) is 44.9 Å². The Kier molecular flexibility index (Phi) is 5.87. The summed E-state index contributed by atoms with van der Waals surface area (Å²) in [6.45, 7) is 4.60. The van der Waals surface area contributed by atoms with E-state index in [0.29, 0.717) is 21.7 Å². The molecule has 1 N–H and O–H groups in total. The van der Waals surface area contributed by atoms with Crippen LogP contribution in [0, 0.1) is 18.3 Å². The fraction of sp³-hybridized carbons (Fsp3) is 0.391. The third kappa shape index (κ3) is 4.69. The summed E-state index contributed by atoms with van der Waals surface area (Å²) in [5.74, 6) is 0.599. The third-order valence-corrected chi connectivity index (χ3v) is 7.22. The van der Waals surface area contributed by atoms with E-state index in [-0.39, 0.29) is 10.9 Å². The highest BCUT2D eigenvalue weighted by Crippen LogP contribution is 2.33. The molecule has 0 spiro atoms. The van der Waals surface area contributed by atoms with Crippen molar-refractivity contribution in [3.63, 3.8) is 0 Å². The maximum Gasteiger partial charge on any atom is 0.393 e. The molecule has 0 saturated carbocycles. The smallest absolute Gasteiger partial charge is 0.367 e. The van der Waals surface area contributed by atoms with Crippen molar-refractivity contribution in [2.24, 2.45) is 0 Å². The zero-order chi connectivity index (χ0) is 23.9. The molecule has 0 atom stereocenters. The second-order valence-electron chi connectivity index (χ2n) is 8.58. The zero-order valence-electron chi connectivity index (χ0n) is 18.4. The van der Waals surface area contributed by atoms with E-state index in [1.54, 1.807) is 12.3 Å². The number of thiophene rings is 1. The summed E-state index contributed by atoms with van der Waals surface area (Å²) in [5, 5.41) is 13.2. The minimum Gasteiger partial charge on any atom is -0.367 e. The number of nitriles is 1. The van der Waals surface area contributed by atoms with Gasteiger partial charge in [0.15, 0.2) is 5.69 Å². The van der Waals surface area contributed by atoms with Crippen LogP contribution in [0.2, 0.25) is 0 Å². The molecule has 0 radical (unpaired) electrons. The van der Waals surface area contributed by atoms with Crippen molar-refractivity contribution in [3.05, 3.63) is 52.6 Å². The molecule has 7 nitrogen and oxygen atoms in total. The summed E-state index contributed by atoms with van der Waals surface area (Å²) in [6.07, 6.45) is 1.67. The minimum atomic E-state index is -4.24. The monoisotopic (exact) mass is 485 g/mol. The predicted octanol–water partition coefficient (Wildman–Crippen LogP) is 4.70. The van der Waals surface area contributed by atoms with Crippen LogP contribution in [0.25, 0.3) is 15.9 Å². The van der Waals surface area contributed by atoms with Crippen molar-refractivity contribution in [3.8, 4) is 6.07 Å². The van der Waals surface area contributed by atoms with E-state index in [1.807, 2.05) is 17.5 Å². The number of halogens is 3. The van der Waals surface area contributed by atoms with Crippen LogP contribution < -0.4 is 5.32 Å². The van der Waals surface area contributed by atoms with E-state index in [1.165, 1.54) is 11.9 Å². The molecule has 1 fully saturated rings. The number of aryl methyl sites for hydroxylation is 1. The molecule has 5 heterocycles. The molecule has 0 amide bonds. The van der Waals surface area contributed by atoms with Gasteiger partial charge in [0.05, 0.1) is 11.8 Å². The lowest BCUT2D eigenvalue weighted by Crippen LogP contribution is -2.39. The van der Waals surface area contributed by atoms with E-state index in [0.717, 1.165) is 55.0 Å². The Bertz CT molecular complexity index is 1380. The molecule has 11 heteroatoms. The predicted molar refractivity (Wildman–Crippen MR) is 124 cm³/mol. The summed E-state index contributed by atoms with van der Waals surface area (Å²) < 4.78 is 40.2. The summed E-state index contributed by atoms with van der Waals surface area (Å²) in [5.41, 5.74) is 3.46. The van der Waals surface area contributed by atoms with E-state index in [2.05, 4.69) is 37.3 Å². The Morgan fingerprint density at radius 2 is 2.06 bits per heavy atom. The number of aromatic nitrogens is 4. The van der Waals surface area contributed by atoms with Gasteiger partial charge >= 0.3 is 6.18 Å². The fourth-order valence-corrected chi connectivity index (χ4v) is 5.45. The van der Waals surface area contributed by atoms with Crippen LogP contribution in [0.5, 0.6) is 0 Å². The van der Waals surface area contributed by atoms with Gasteiger partial charge in [0.2, 0.25) is 0 Å². The largest absolute Gasteiger partial charge is 0.393 e. The minimum absolute atomic E-state index is 0.189. The number of likely N-dealkylation sites (tertiary alicyclic amines) is 1. The topological polar surface area (TPSA) is 82.1 Å². The van der Waals surface area contributed by atoms with Crippen molar-refractivity contribution < 1.29 is 13.2 Å². The maximum absolute atomic E-state index is 12.8. The molecule has 0 bridgehead atoms. The standard InChI is InChI=1S/C23H22F3N7S/c1-14-15(2-7-33-12-17(10-27)31-21(14)33)11-32-5-3-16(4-6-32)30-20-19-8-18(9-23(24,25)26)34-22(19)29-13-28-20/h2,7-8,12-13,16H,3-6,9,11H2,1H3,(H,28,29,30). The summed E-state index contributed by atoms with van der Waals surface area (Å²) in [6, 6.07) is 5.90. The molecule has 34 heavy (non-hydrogen) atoms. The van der Waals surface area contributed by atoms with Crippen LogP contribution in [0.3, 0.4) is 0 Å². The molecular formula is C23H22F3N7S. The SMILES string of the molecule is Cc1c(CN2CCC(Nc3ncnc4sc(CC(F)(F)F)cc34)CC2)ccn2cc(C#N)nc12. The summed E-state index contributed by atoms with van der Waals surface area (Å²) in [7, 11) is 0. The van der Waals surface area contributed by atoms with Gasteiger partial charge in [0.1, 0.15) is 28.7 Å². The maximum atomic E-state index is 12.8. The van der Waals surface area contributed by atoms with Crippen LogP contribution in [0.1, 0.15) is 34.5 Å². The van der Waals surface area contributed by atoms with Gasteiger partial charge in [-0.2, -0.15) is 18.4 Å². The molecule has 5 rings (SSSR count). The highest BCUT2D eigenvalue weighted by Gasteiger charge is 2.29. The van der Waals surface area contributed by atoms with Crippen molar-refractivity contribution in [1.82, 2.24) is 24.3 Å². The number of nitrogens with one attached hydrogen (secondary N) is 1. The van der Waals surface area contributed by atoms with Gasteiger partial charge in [0, 0.05) is 42.9 Å². The second kappa shape index (κ2) is 8.85. The molecule has 176 valence electrons. The van der Waals surface area contributed by atoms with E-state index >= 15 is 0 Å². The quantitative estimate of drug-likeness (QED) is 0.441. The Balaban J connectivity index is 1.23. The number of hydrogen-bond acceptors (Lipinski definition) is 7. The van der Waals surface area contributed by atoms with Crippen LogP contribution in [0.4, 0.5) is 19.0 Å². The van der Waals surface area contributed by atoms with Gasteiger partial charge in [-0.25, -0.2) is 15.0 Å². The lowest BCUT2D eigenvalue weighted by atomic mass is 10.0. The number of nitrogens with zero attached hydrogens (tertiary/aromatic N) is 6. The van der Waals surface area contributed by atoms with Crippen LogP contribution >= 0.6 is 11.3 Å². The van der Waals surface area contributed by atoms with Crippen LogP contribution in [-0.2, 0) is 13.0 Å². The molecule has 1 aliphatic rings. The molecule has 0 aromatic carbocycles. The number of pyridine rings is 1. The number of imidazole rings is 1. The first-order valence-electron chi connectivity index (χ1n) is 11.0. The first-order valence-corrected chi connectivity index (χ1v) is 11.8. The molecule has 1 saturated heterocycles. The Hall–Kier alpha value is -3.23.